The minimum Gasteiger partial charge on any atom is -0.381 e. The summed E-state index contributed by atoms with van der Waals surface area (Å²) in [4.78, 5) is 9.20. The third kappa shape index (κ3) is 5.08. The Hall–Kier alpha value is -1.33. The number of ether oxygens (including phenoxy) is 1. The van der Waals surface area contributed by atoms with Crippen molar-refractivity contribution >= 4 is 11.5 Å². The maximum atomic E-state index is 5.48. The molecule has 3 heterocycles. The van der Waals surface area contributed by atoms with Gasteiger partial charge in [-0.25, -0.2) is 4.98 Å². The molecule has 0 radical (unpaired) electrons. The van der Waals surface area contributed by atoms with Crippen LogP contribution in [0.1, 0.15) is 32.1 Å². The van der Waals surface area contributed by atoms with Gasteiger partial charge in [-0.1, -0.05) is 0 Å². The van der Waals surface area contributed by atoms with E-state index in [1.165, 1.54) is 51.7 Å². The average Bonchev–Trinajstić information content (AvgIpc) is 2.82. The van der Waals surface area contributed by atoms with E-state index in [2.05, 4.69) is 27.3 Å². The minimum absolute atomic E-state index is 0.566. The summed E-state index contributed by atoms with van der Waals surface area (Å²) in [5, 5.41) is 3.68. The molecule has 5 heteroatoms. The normalized spacial score (nSPS) is 23.7. The van der Waals surface area contributed by atoms with Gasteiger partial charge in [-0.2, -0.15) is 0 Å². The molecule has 3 rings (SSSR count). The first kappa shape index (κ1) is 17.5. The van der Waals surface area contributed by atoms with Gasteiger partial charge >= 0.3 is 0 Å². The van der Waals surface area contributed by atoms with Crippen LogP contribution in [0.2, 0.25) is 0 Å². The molecular weight excluding hydrogens is 300 g/mol. The minimum atomic E-state index is 0.566. The summed E-state index contributed by atoms with van der Waals surface area (Å²) in [6.45, 7) is 5.62. The molecule has 5 nitrogen and oxygen atoms in total. The van der Waals surface area contributed by atoms with Crippen LogP contribution in [0.25, 0.3) is 0 Å². The van der Waals surface area contributed by atoms with Gasteiger partial charge in [0.25, 0.3) is 0 Å². The van der Waals surface area contributed by atoms with Gasteiger partial charge in [-0.3, -0.25) is 0 Å². The fourth-order valence-corrected chi connectivity index (χ4v) is 3.75. The van der Waals surface area contributed by atoms with Crippen LogP contribution in [0.3, 0.4) is 0 Å². The summed E-state index contributed by atoms with van der Waals surface area (Å²) >= 11 is 0. The Morgan fingerprint density at radius 2 is 2.00 bits per heavy atom. The highest BCUT2D eigenvalue weighted by Crippen LogP contribution is 2.21. The molecule has 0 saturated carbocycles. The van der Waals surface area contributed by atoms with Crippen molar-refractivity contribution in [1.82, 2.24) is 9.88 Å². The Morgan fingerprint density at radius 3 is 2.71 bits per heavy atom. The fraction of sp³-hybridized carbons (Fsp3) is 0.737. The second-order valence-corrected chi connectivity index (χ2v) is 7.43. The number of aromatic nitrogens is 1. The van der Waals surface area contributed by atoms with Crippen LogP contribution in [0, 0.1) is 5.92 Å². The summed E-state index contributed by atoms with van der Waals surface area (Å²) < 4.78 is 5.48. The quantitative estimate of drug-likeness (QED) is 0.898. The van der Waals surface area contributed by atoms with E-state index in [0.29, 0.717) is 6.04 Å². The number of pyridine rings is 1. The smallest absolute Gasteiger partial charge is 0.128 e. The topological polar surface area (TPSA) is 40.6 Å². The average molecular weight is 332 g/mol. The Labute approximate surface area is 146 Å². The first-order chi connectivity index (χ1) is 11.7. The van der Waals surface area contributed by atoms with Crippen molar-refractivity contribution in [2.75, 3.05) is 57.2 Å². The Balaban J connectivity index is 1.46. The van der Waals surface area contributed by atoms with Crippen LogP contribution in [-0.4, -0.2) is 62.9 Å². The summed E-state index contributed by atoms with van der Waals surface area (Å²) in [7, 11) is 4.04. The number of hydrogen-bond donors (Lipinski definition) is 1. The maximum Gasteiger partial charge on any atom is 0.128 e. The van der Waals surface area contributed by atoms with Gasteiger partial charge in [0.2, 0.25) is 0 Å². The van der Waals surface area contributed by atoms with Crippen LogP contribution in [0.5, 0.6) is 0 Å². The van der Waals surface area contributed by atoms with E-state index in [1.807, 2.05) is 25.2 Å². The van der Waals surface area contributed by atoms with Crippen molar-refractivity contribution in [1.29, 1.82) is 0 Å². The Bertz CT molecular complexity index is 485. The van der Waals surface area contributed by atoms with E-state index in [9.17, 15) is 0 Å². The molecule has 2 fully saturated rings. The van der Waals surface area contributed by atoms with E-state index in [-0.39, 0.29) is 0 Å². The molecular formula is C19H32N4O. The van der Waals surface area contributed by atoms with Gasteiger partial charge < -0.3 is 19.9 Å². The molecule has 0 aromatic carbocycles. The van der Waals surface area contributed by atoms with Gasteiger partial charge in [-0.05, 0) is 56.7 Å². The van der Waals surface area contributed by atoms with E-state index in [1.54, 1.807) is 0 Å². The Morgan fingerprint density at radius 1 is 1.17 bits per heavy atom. The summed E-state index contributed by atoms with van der Waals surface area (Å²) in [6.07, 6.45) is 8.19. The lowest BCUT2D eigenvalue weighted by atomic mass is 9.99. The molecule has 1 aromatic heterocycles. The highest BCUT2D eigenvalue weighted by Gasteiger charge is 2.21. The van der Waals surface area contributed by atoms with E-state index in [4.69, 9.17) is 4.74 Å². The molecule has 1 aromatic rings. The van der Waals surface area contributed by atoms with Crippen molar-refractivity contribution in [2.24, 2.45) is 5.92 Å². The van der Waals surface area contributed by atoms with Gasteiger partial charge in [0, 0.05) is 46.4 Å². The molecule has 1 atom stereocenters. The van der Waals surface area contributed by atoms with Crippen LogP contribution in [0.15, 0.2) is 18.3 Å². The number of nitrogens with one attached hydrogen (secondary N) is 1. The van der Waals surface area contributed by atoms with Crippen molar-refractivity contribution in [3.05, 3.63) is 18.3 Å². The third-order valence-electron chi connectivity index (χ3n) is 5.25. The number of anilines is 2. The zero-order valence-electron chi connectivity index (χ0n) is 15.2. The standard InChI is InChI=1S/C19H32N4O/c1-22(2)19-6-5-18(14-20-19)21-17-4-3-10-23(11-7-17)15-16-8-12-24-13-9-16/h5-6,14,16-17,21H,3-4,7-13,15H2,1-2H3/t17-/m0/s1. The summed E-state index contributed by atoms with van der Waals surface area (Å²) in [5.74, 6) is 1.84. The molecule has 2 saturated heterocycles. The molecule has 2 aliphatic rings. The van der Waals surface area contributed by atoms with Gasteiger partial charge in [0.05, 0.1) is 11.9 Å². The number of hydrogen-bond acceptors (Lipinski definition) is 5. The highest BCUT2D eigenvalue weighted by atomic mass is 16.5. The lowest BCUT2D eigenvalue weighted by Gasteiger charge is -2.29. The molecule has 0 bridgehead atoms. The molecule has 0 amide bonds. The third-order valence-corrected chi connectivity index (χ3v) is 5.25. The van der Waals surface area contributed by atoms with Crippen molar-refractivity contribution < 1.29 is 4.74 Å². The zero-order valence-corrected chi connectivity index (χ0v) is 15.2. The maximum absolute atomic E-state index is 5.48. The first-order valence-electron chi connectivity index (χ1n) is 9.41. The second-order valence-electron chi connectivity index (χ2n) is 7.43. The van der Waals surface area contributed by atoms with E-state index < -0.39 is 0 Å². The molecule has 2 aliphatic heterocycles. The number of rotatable bonds is 5. The van der Waals surface area contributed by atoms with Gasteiger partial charge in [0.15, 0.2) is 0 Å². The lowest BCUT2D eigenvalue weighted by molar-refractivity contribution is 0.0529. The number of nitrogens with zero attached hydrogens (tertiary/aromatic N) is 3. The van der Waals surface area contributed by atoms with Crippen LogP contribution in [0.4, 0.5) is 11.5 Å². The monoisotopic (exact) mass is 332 g/mol. The second kappa shape index (κ2) is 8.67. The molecule has 0 spiro atoms. The van der Waals surface area contributed by atoms with Gasteiger partial charge in [0.1, 0.15) is 5.82 Å². The van der Waals surface area contributed by atoms with Crippen molar-refractivity contribution in [2.45, 2.75) is 38.1 Å². The SMILES string of the molecule is CN(C)c1ccc(N[C@H]2CCCN(CC3CCOCC3)CC2)cn1. The highest BCUT2D eigenvalue weighted by molar-refractivity contribution is 5.48. The van der Waals surface area contributed by atoms with Crippen LogP contribution in [-0.2, 0) is 4.74 Å². The lowest BCUT2D eigenvalue weighted by Crippen LogP contribution is -2.33. The molecule has 0 aliphatic carbocycles. The van der Waals surface area contributed by atoms with Crippen LogP contribution >= 0.6 is 0 Å². The van der Waals surface area contributed by atoms with Crippen molar-refractivity contribution in [3.8, 4) is 0 Å². The Kier molecular flexibility index (Phi) is 6.32. The molecule has 134 valence electrons. The molecule has 1 N–H and O–H groups in total. The fourth-order valence-electron chi connectivity index (χ4n) is 3.75. The number of likely N-dealkylation sites (tertiary alicyclic amines) is 1. The van der Waals surface area contributed by atoms with Gasteiger partial charge in [-0.15, -0.1) is 0 Å². The summed E-state index contributed by atoms with van der Waals surface area (Å²) in [6, 6.07) is 4.79. The largest absolute Gasteiger partial charge is 0.381 e. The molecule has 0 unspecified atom stereocenters. The predicted octanol–water partition coefficient (Wildman–Crippen LogP) is 2.84. The first-order valence-corrected chi connectivity index (χ1v) is 9.41. The molecule has 24 heavy (non-hydrogen) atoms. The summed E-state index contributed by atoms with van der Waals surface area (Å²) in [5.41, 5.74) is 1.14. The predicted molar refractivity (Wildman–Crippen MR) is 99.8 cm³/mol. The zero-order chi connectivity index (χ0) is 16.8. The van der Waals surface area contributed by atoms with E-state index in [0.717, 1.165) is 30.6 Å². The van der Waals surface area contributed by atoms with Crippen molar-refractivity contribution in [3.63, 3.8) is 0 Å². The van der Waals surface area contributed by atoms with Crippen LogP contribution < -0.4 is 10.2 Å². The van der Waals surface area contributed by atoms with E-state index >= 15 is 0 Å².